The molecule has 7 nitrogen and oxygen atoms in total. The number of methoxy groups -OCH3 is 1. The van der Waals surface area contributed by atoms with Crippen molar-refractivity contribution in [3.05, 3.63) is 53.6 Å². The Morgan fingerprint density at radius 1 is 1.34 bits per heavy atom. The number of alkyl halides is 3. The van der Waals surface area contributed by atoms with Crippen molar-refractivity contribution in [1.29, 1.82) is 5.26 Å². The number of anilines is 1. The third kappa shape index (κ3) is 4.46. The van der Waals surface area contributed by atoms with Gasteiger partial charge in [0, 0.05) is 38.6 Å². The fourth-order valence-electron chi connectivity index (χ4n) is 3.34. The first-order chi connectivity index (χ1) is 13.8. The van der Waals surface area contributed by atoms with Gasteiger partial charge in [-0.1, -0.05) is 0 Å². The van der Waals surface area contributed by atoms with Crippen LogP contribution in [0.15, 0.2) is 36.8 Å². The summed E-state index contributed by atoms with van der Waals surface area (Å²) in [6.07, 6.45) is -1.88. The smallest absolute Gasteiger partial charge is 0.382 e. The lowest BCUT2D eigenvalue weighted by Gasteiger charge is -2.42. The van der Waals surface area contributed by atoms with Gasteiger partial charge in [-0.05, 0) is 24.3 Å². The van der Waals surface area contributed by atoms with E-state index in [0.717, 1.165) is 6.07 Å². The first-order valence-corrected chi connectivity index (χ1v) is 8.77. The maximum atomic E-state index is 13.3. The minimum atomic E-state index is -4.64. The second kappa shape index (κ2) is 8.45. The van der Waals surface area contributed by atoms with E-state index in [1.165, 1.54) is 37.8 Å². The molecular formula is C19H18F3N5O2. The maximum absolute atomic E-state index is 13.3. The van der Waals surface area contributed by atoms with Gasteiger partial charge >= 0.3 is 6.18 Å². The minimum Gasteiger partial charge on any atom is -0.382 e. The highest BCUT2D eigenvalue weighted by Gasteiger charge is 2.36. The number of ether oxygens (including phenoxy) is 1. The highest BCUT2D eigenvalue weighted by atomic mass is 19.4. The third-order valence-electron chi connectivity index (χ3n) is 4.69. The van der Waals surface area contributed by atoms with Crippen LogP contribution in [-0.2, 0) is 10.9 Å². The Balaban J connectivity index is 1.86. The molecule has 2 aromatic rings. The van der Waals surface area contributed by atoms with Crippen molar-refractivity contribution >= 4 is 11.6 Å². The quantitative estimate of drug-likeness (QED) is 0.777. The number of amides is 1. The number of hydrogen-bond acceptors (Lipinski definition) is 6. The molecule has 152 valence electrons. The number of piperazine rings is 1. The Morgan fingerprint density at radius 2 is 2.14 bits per heavy atom. The molecule has 1 amide bonds. The summed E-state index contributed by atoms with van der Waals surface area (Å²) in [7, 11) is 1.49. The van der Waals surface area contributed by atoms with E-state index in [9.17, 15) is 18.0 Å². The predicted molar refractivity (Wildman–Crippen MR) is 97.1 cm³/mol. The number of nitrogens with zero attached hydrogens (tertiary/aromatic N) is 5. The summed E-state index contributed by atoms with van der Waals surface area (Å²) in [5.41, 5.74) is -0.829. The minimum absolute atomic E-state index is 0.217. The molecule has 0 radical (unpaired) electrons. The number of hydrogen-bond donors (Lipinski definition) is 0. The standard InChI is InChI=1S/C19H18F3N5O2/c1-29-11-15-10-26(18(28)17-4-5-24-12-25-17)6-7-27(15)14-3-2-13(9-23)16(8-14)19(20,21)22/h2-5,8,12,15H,6-7,10-11H2,1H3. The van der Waals surface area contributed by atoms with E-state index in [-0.39, 0.29) is 30.8 Å². The molecule has 1 aromatic heterocycles. The molecule has 1 aliphatic heterocycles. The van der Waals surface area contributed by atoms with Crippen molar-refractivity contribution in [2.45, 2.75) is 12.2 Å². The molecule has 1 aliphatic rings. The summed E-state index contributed by atoms with van der Waals surface area (Å²) in [4.78, 5) is 23.8. The van der Waals surface area contributed by atoms with Crippen LogP contribution in [0.5, 0.6) is 0 Å². The zero-order chi connectivity index (χ0) is 21.0. The Bertz CT molecular complexity index is 914. The van der Waals surface area contributed by atoms with Crippen LogP contribution in [-0.4, -0.2) is 60.2 Å². The lowest BCUT2D eigenvalue weighted by atomic mass is 10.0. The topological polar surface area (TPSA) is 82.3 Å². The zero-order valence-electron chi connectivity index (χ0n) is 15.6. The molecule has 0 bridgehead atoms. The molecule has 29 heavy (non-hydrogen) atoms. The third-order valence-corrected chi connectivity index (χ3v) is 4.69. The van der Waals surface area contributed by atoms with Crippen LogP contribution in [0, 0.1) is 11.3 Å². The molecule has 1 aromatic carbocycles. The molecule has 1 atom stereocenters. The van der Waals surface area contributed by atoms with Crippen molar-refractivity contribution in [1.82, 2.24) is 14.9 Å². The molecule has 0 spiro atoms. The van der Waals surface area contributed by atoms with Gasteiger partial charge in [0.25, 0.3) is 5.91 Å². The predicted octanol–water partition coefficient (Wildman–Crippen LogP) is 2.34. The van der Waals surface area contributed by atoms with Gasteiger partial charge in [-0.25, -0.2) is 9.97 Å². The SMILES string of the molecule is COCC1CN(C(=O)c2ccncn2)CCN1c1ccc(C#N)c(C(F)(F)F)c1. The van der Waals surface area contributed by atoms with Crippen LogP contribution in [0.1, 0.15) is 21.6 Å². The molecule has 3 rings (SSSR count). The highest BCUT2D eigenvalue weighted by Crippen LogP contribution is 2.35. The highest BCUT2D eigenvalue weighted by molar-refractivity contribution is 5.92. The number of benzene rings is 1. The summed E-state index contributed by atoms with van der Waals surface area (Å²) in [6, 6.07) is 6.36. The van der Waals surface area contributed by atoms with Gasteiger partial charge in [0.05, 0.1) is 29.8 Å². The van der Waals surface area contributed by atoms with E-state index in [1.54, 1.807) is 15.9 Å². The molecule has 1 fully saturated rings. The zero-order valence-corrected chi connectivity index (χ0v) is 15.6. The normalized spacial score (nSPS) is 17.1. The van der Waals surface area contributed by atoms with Crippen LogP contribution < -0.4 is 4.90 Å². The van der Waals surface area contributed by atoms with Crippen molar-refractivity contribution in [2.75, 3.05) is 38.3 Å². The molecular weight excluding hydrogens is 387 g/mol. The maximum Gasteiger partial charge on any atom is 0.417 e. The van der Waals surface area contributed by atoms with Crippen LogP contribution >= 0.6 is 0 Å². The Morgan fingerprint density at radius 3 is 2.76 bits per heavy atom. The number of halogens is 3. The number of aromatic nitrogens is 2. The van der Waals surface area contributed by atoms with E-state index in [0.29, 0.717) is 18.8 Å². The van der Waals surface area contributed by atoms with Gasteiger partial charge in [0.1, 0.15) is 12.0 Å². The summed E-state index contributed by atoms with van der Waals surface area (Å²) in [5.74, 6) is -0.274. The molecule has 2 heterocycles. The molecule has 0 N–H and O–H groups in total. The van der Waals surface area contributed by atoms with Crippen molar-refractivity contribution < 1.29 is 22.7 Å². The fourth-order valence-corrected chi connectivity index (χ4v) is 3.34. The number of carbonyl (C=O) groups excluding carboxylic acids is 1. The average molecular weight is 405 g/mol. The number of carbonyl (C=O) groups is 1. The first-order valence-electron chi connectivity index (χ1n) is 8.77. The van der Waals surface area contributed by atoms with Gasteiger partial charge in [0.2, 0.25) is 0 Å². The second-order valence-corrected chi connectivity index (χ2v) is 6.49. The van der Waals surface area contributed by atoms with Gasteiger partial charge in [0.15, 0.2) is 0 Å². The average Bonchev–Trinajstić information content (AvgIpc) is 2.73. The molecule has 1 saturated heterocycles. The van der Waals surface area contributed by atoms with E-state index < -0.39 is 17.3 Å². The van der Waals surface area contributed by atoms with Crippen molar-refractivity contribution in [3.8, 4) is 6.07 Å². The van der Waals surface area contributed by atoms with Gasteiger partial charge < -0.3 is 14.5 Å². The van der Waals surface area contributed by atoms with E-state index >= 15 is 0 Å². The van der Waals surface area contributed by atoms with E-state index in [1.807, 2.05) is 0 Å². The molecule has 10 heteroatoms. The van der Waals surface area contributed by atoms with E-state index in [2.05, 4.69) is 9.97 Å². The monoisotopic (exact) mass is 405 g/mol. The van der Waals surface area contributed by atoms with Gasteiger partial charge in [-0.2, -0.15) is 18.4 Å². The summed E-state index contributed by atoms with van der Waals surface area (Å²) in [6.45, 7) is 1.10. The molecule has 0 aliphatic carbocycles. The van der Waals surface area contributed by atoms with Crippen LogP contribution in [0.3, 0.4) is 0 Å². The summed E-state index contributed by atoms with van der Waals surface area (Å²) >= 11 is 0. The number of nitriles is 1. The first kappa shape index (κ1) is 20.5. The van der Waals surface area contributed by atoms with Crippen molar-refractivity contribution in [3.63, 3.8) is 0 Å². The lowest BCUT2D eigenvalue weighted by molar-refractivity contribution is -0.137. The lowest BCUT2D eigenvalue weighted by Crippen LogP contribution is -2.56. The van der Waals surface area contributed by atoms with E-state index in [4.69, 9.17) is 10.00 Å². The molecule has 1 unspecified atom stereocenters. The van der Waals surface area contributed by atoms with Crippen LogP contribution in [0.4, 0.5) is 18.9 Å². The Kier molecular flexibility index (Phi) is 5.98. The summed E-state index contributed by atoms with van der Waals surface area (Å²) in [5, 5.41) is 8.99. The summed E-state index contributed by atoms with van der Waals surface area (Å²) < 4.78 is 45.2. The van der Waals surface area contributed by atoms with Gasteiger partial charge in [-0.15, -0.1) is 0 Å². The Hall–Kier alpha value is -3.19. The van der Waals surface area contributed by atoms with Crippen LogP contribution in [0.25, 0.3) is 0 Å². The molecule has 0 saturated carbocycles. The number of rotatable bonds is 4. The second-order valence-electron chi connectivity index (χ2n) is 6.49. The van der Waals surface area contributed by atoms with Crippen molar-refractivity contribution in [2.24, 2.45) is 0 Å². The van der Waals surface area contributed by atoms with Gasteiger partial charge in [-0.3, -0.25) is 4.79 Å². The Labute approximate surface area is 165 Å². The largest absolute Gasteiger partial charge is 0.417 e. The van der Waals surface area contributed by atoms with Crippen LogP contribution in [0.2, 0.25) is 0 Å². The fraction of sp³-hybridized carbons (Fsp3) is 0.368.